The summed E-state index contributed by atoms with van der Waals surface area (Å²) in [6, 6.07) is 21.1. The Morgan fingerprint density at radius 3 is 1.56 bits per heavy atom. The van der Waals surface area contributed by atoms with Crippen LogP contribution in [0.15, 0.2) is 99.4 Å². The molecule has 0 bridgehead atoms. The van der Waals surface area contributed by atoms with Crippen molar-refractivity contribution >= 4 is 23.2 Å². The van der Waals surface area contributed by atoms with Crippen LogP contribution in [0.2, 0.25) is 0 Å². The molecule has 0 radical (unpaired) electrons. The van der Waals surface area contributed by atoms with E-state index in [1.807, 2.05) is 22.4 Å². The highest BCUT2D eigenvalue weighted by molar-refractivity contribution is 7.12. The van der Waals surface area contributed by atoms with Crippen LogP contribution in [0.4, 0.5) is 13.2 Å². The van der Waals surface area contributed by atoms with Crippen LogP contribution in [0.5, 0.6) is 0 Å². The van der Waals surface area contributed by atoms with E-state index in [0.29, 0.717) is 59.8 Å². The molecule has 0 unspecified atom stereocenters. The lowest BCUT2D eigenvalue weighted by Crippen LogP contribution is -2.39. The fraction of sp³-hybridized carbons (Fsp3) is 0.263. The molecule has 5 heterocycles. The van der Waals surface area contributed by atoms with Gasteiger partial charge in [-0.15, -0.1) is 11.3 Å². The highest BCUT2D eigenvalue weighted by Gasteiger charge is 2.31. The molecule has 0 aliphatic carbocycles. The number of thiophene rings is 1. The van der Waals surface area contributed by atoms with Gasteiger partial charge in [0.25, 0.3) is 11.8 Å². The summed E-state index contributed by atoms with van der Waals surface area (Å²) < 4.78 is 50.0. The summed E-state index contributed by atoms with van der Waals surface area (Å²) >= 11 is 1.45. The van der Waals surface area contributed by atoms with Crippen LogP contribution in [-0.4, -0.2) is 68.1 Å². The first kappa shape index (κ1) is 34.8. The summed E-state index contributed by atoms with van der Waals surface area (Å²) in [5.41, 5.74) is 1.83. The van der Waals surface area contributed by atoms with Gasteiger partial charge in [-0.1, -0.05) is 16.4 Å². The summed E-state index contributed by atoms with van der Waals surface area (Å²) in [7, 11) is 0. The monoisotopic (exact) mass is 726 g/mol. The zero-order valence-corrected chi connectivity index (χ0v) is 28.6. The Morgan fingerprint density at radius 2 is 1.10 bits per heavy atom. The first-order valence-corrected chi connectivity index (χ1v) is 17.8. The van der Waals surface area contributed by atoms with E-state index < -0.39 is 0 Å². The zero-order valence-electron chi connectivity index (χ0n) is 27.8. The van der Waals surface area contributed by atoms with Crippen molar-refractivity contribution in [3.63, 3.8) is 0 Å². The van der Waals surface area contributed by atoms with Gasteiger partial charge in [-0.25, -0.2) is 13.2 Å². The fourth-order valence-corrected chi connectivity index (χ4v) is 6.98. The smallest absolute Gasteiger partial charge is 0.263 e. The number of hydrogen-bond acceptors (Lipinski definition) is 9. The molecule has 2 aliphatic heterocycles. The third kappa shape index (κ3) is 8.12. The van der Waals surface area contributed by atoms with Crippen LogP contribution in [0.3, 0.4) is 0 Å². The van der Waals surface area contributed by atoms with Crippen molar-refractivity contribution in [2.75, 3.05) is 26.2 Å². The third-order valence-electron chi connectivity index (χ3n) is 9.03. The fourth-order valence-electron chi connectivity index (χ4n) is 6.29. The minimum absolute atomic E-state index is 0.0272. The molecular formula is C38H33F3N6O4S. The first-order chi connectivity index (χ1) is 25.3. The van der Waals surface area contributed by atoms with E-state index in [0.717, 1.165) is 37.1 Å². The molecular weight excluding hydrogens is 694 g/mol. The van der Waals surface area contributed by atoms with Gasteiger partial charge in [0.05, 0.1) is 16.7 Å². The second kappa shape index (κ2) is 15.7. The summed E-state index contributed by atoms with van der Waals surface area (Å²) in [4.78, 5) is 38.4. The Morgan fingerprint density at radius 1 is 0.635 bits per heavy atom. The Labute approximate surface area is 300 Å². The molecule has 2 amide bonds. The van der Waals surface area contributed by atoms with E-state index in [1.165, 1.54) is 59.9 Å². The normalized spacial score (nSPS) is 17.4. The van der Waals surface area contributed by atoms with Crippen LogP contribution in [0, 0.1) is 17.5 Å². The topological polar surface area (TPSA) is 118 Å². The summed E-state index contributed by atoms with van der Waals surface area (Å²) in [5.74, 6) is 0.701. The maximum atomic E-state index is 13.1. The van der Waals surface area contributed by atoms with Crippen molar-refractivity contribution in [3.8, 4) is 22.8 Å². The van der Waals surface area contributed by atoms with Crippen molar-refractivity contribution in [2.24, 2.45) is 0 Å². The van der Waals surface area contributed by atoms with Gasteiger partial charge in [-0.3, -0.25) is 9.59 Å². The van der Waals surface area contributed by atoms with E-state index >= 15 is 0 Å². The lowest BCUT2D eigenvalue weighted by molar-refractivity contribution is 0.0690. The van der Waals surface area contributed by atoms with E-state index in [1.54, 1.807) is 29.2 Å². The van der Waals surface area contributed by atoms with E-state index in [2.05, 4.69) is 20.3 Å². The molecule has 52 heavy (non-hydrogen) atoms. The van der Waals surface area contributed by atoms with Gasteiger partial charge in [-0.2, -0.15) is 9.97 Å². The highest BCUT2D eigenvalue weighted by Crippen LogP contribution is 2.30. The second-order valence-corrected chi connectivity index (χ2v) is 13.5. The van der Waals surface area contributed by atoms with Gasteiger partial charge < -0.3 is 18.8 Å². The summed E-state index contributed by atoms with van der Waals surface area (Å²) in [6.45, 7) is 2.40. The standard InChI is InChI=1S/C20H17F2N3O2.C18H16FN3O2S/c21-16-7-3-13(4-8-16)18-23-19(27-24-18)15-2-1-11-25(12-15)20(26)14-5-9-17(22)10-6-14;19-14-7-5-12(6-8-14)16-20-17(24-21-16)13-3-1-9-22(11-13)18(23)15-4-2-10-25-15/h3-10,15H,1-2,11-12H2;2,4-8,10,13H,1,3,9,11H2/t15-;13-/m00/s1. The second-order valence-electron chi connectivity index (χ2n) is 12.6. The average Bonchev–Trinajstić information content (AvgIpc) is 3.99. The van der Waals surface area contributed by atoms with Gasteiger partial charge >= 0.3 is 0 Å². The molecule has 6 aromatic rings. The van der Waals surface area contributed by atoms with Crippen molar-refractivity contribution in [1.29, 1.82) is 0 Å². The van der Waals surface area contributed by atoms with Gasteiger partial charge in [-0.05, 0) is 110 Å². The van der Waals surface area contributed by atoms with E-state index in [-0.39, 0.29) is 41.1 Å². The summed E-state index contributed by atoms with van der Waals surface area (Å²) in [6.07, 6.45) is 3.44. The third-order valence-corrected chi connectivity index (χ3v) is 9.88. The molecule has 10 nitrogen and oxygen atoms in total. The van der Waals surface area contributed by atoms with Gasteiger partial charge in [0.1, 0.15) is 17.5 Å². The number of nitrogens with zero attached hydrogens (tertiary/aromatic N) is 6. The lowest BCUT2D eigenvalue weighted by atomic mass is 9.97. The highest BCUT2D eigenvalue weighted by atomic mass is 32.1. The Balaban J connectivity index is 0.000000162. The molecule has 3 aromatic heterocycles. The minimum Gasteiger partial charge on any atom is -0.339 e. The molecule has 2 aliphatic rings. The lowest BCUT2D eigenvalue weighted by Gasteiger charge is -2.31. The number of carbonyl (C=O) groups excluding carboxylic acids is 2. The SMILES string of the molecule is O=C(c1ccc(F)cc1)N1CCC[C@H](c2nc(-c3ccc(F)cc3)no2)C1.O=C(c1cccs1)N1CCC[C@H](c2nc(-c3ccc(F)cc3)no2)C1. The molecule has 3 aromatic carbocycles. The van der Waals surface area contributed by atoms with Crippen molar-refractivity contribution in [1.82, 2.24) is 30.1 Å². The largest absolute Gasteiger partial charge is 0.339 e. The van der Waals surface area contributed by atoms with E-state index in [4.69, 9.17) is 9.05 Å². The number of aromatic nitrogens is 4. The average molecular weight is 727 g/mol. The molecule has 266 valence electrons. The van der Waals surface area contributed by atoms with Gasteiger partial charge in [0, 0.05) is 42.9 Å². The Kier molecular flexibility index (Phi) is 10.5. The Hall–Kier alpha value is -5.63. The first-order valence-electron chi connectivity index (χ1n) is 16.9. The number of hydrogen-bond donors (Lipinski definition) is 0. The number of carbonyl (C=O) groups is 2. The van der Waals surface area contributed by atoms with Crippen molar-refractivity contribution in [2.45, 2.75) is 37.5 Å². The number of rotatable bonds is 6. The molecule has 2 saturated heterocycles. The molecule has 2 atom stereocenters. The summed E-state index contributed by atoms with van der Waals surface area (Å²) in [5, 5.41) is 9.88. The van der Waals surface area contributed by atoms with E-state index in [9.17, 15) is 22.8 Å². The van der Waals surface area contributed by atoms with Crippen molar-refractivity contribution < 1.29 is 31.8 Å². The predicted octanol–water partition coefficient (Wildman–Crippen LogP) is 7.99. The molecule has 0 spiro atoms. The maximum Gasteiger partial charge on any atom is 0.263 e. The zero-order chi connectivity index (χ0) is 36.0. The number of halogens is 3. The molecule has 14 heteroatoms. The van der Waals surface area contributed by atoms with Crippen LogP contribution in [0.25, 0.3) is 22.8 Å². The predicted molar refractivity (Wildman–Crippen MR) is 186 cm³/mol. The van der Waals surface area contributed by atoms with Gasteiger partial charge in [0.15, 0.2) is 0 Å². The molecule has 0 N–H and O–H groups in total. The minimum atomic E-state index is -0.373. The number of benzene rings is 3. The number of amides is 2. The molecule has 2 fully saturated rings. The Bertz CT molecular complexity index is 2100. The van der Waals surface area contributed by atoms with Crippen molar-refractivity contribution in [3.05, 3.63) is 130 Å². The quantitative estimate of drug-likeness (QED) is 0.170. The van der Waals surface area contributed by atoms with Crippen LogP contribution < -0.4 is 0 Å². The molecule has 0 saturated carbocycles. The van der Waals surface area contributed by atoms with Gasteiger partial charge in [0.2, 0.25) is 23.4 Å². The van der Waals surface area contributed by atoms with Crippen LogP contribution in [0.1, 0.15) is 69.3 Å². The molecule has 8 rings (SSSR count). The number of likely N-dealkylation sites (tertiary alicyclic amines) is 2. The number of piperidine rings is 2. The van der Waals surface area contributed by atoms with Crippen LogP contribution in [-0.2, 0) is 0 Å². The van der Waals surface area contributed by atoms with Crippen LogP contribution >= 0.6 is 11.3 Å². The maximum absolute atomic E-state index is 13.1.